The fourth-order valence-electron chi connectivity index (χ4n) is 1.75. The van der Waals surface area contributed by atoms with E-state index in [9.17, 15) is 0 Å². The van der Waals surface area contributed by atoms with E-state index < -0.39 is 0 Å². The van der Waals surface area contributed by atoms with E-state index in [1.54, 1.807) is 6.07 Å². The van der Waals surface area contributed by atoms with Gasteiger partial charge in [-0.25, -0.2) is 0 Å². The van der Waals surface area contributed by atoms with Crippen LogP contribution in [-0.2, 0) is 0 Å². The highest BCUT2D eigenvalue weighted by atomic mass is 14.6. The number of aryl methyl sites for hydroxylation is 2. The second-order valence-electron chi connectivity index (χ2n) is 4.15. The van der Waals surface area contributed by atoms with Crippen LogP contribution in [0.15, 0.2) is 36.4 Å². The molecule has 2 rings (SSSR count). The molecule has 0 bridgehead atoms. The van der Waals surface area contributed by atoms with Gasteiger partial charge in [-0.05, 0) is 42.7 Å². The van der Waals surface area contributed by atoms with E-state index >= 15 is 0 Å². The largest absolute Gasteiger partial charge is 0.399 e. The highest BCUT2D eigenvalue weighted by molar-refractivity contribution is 5.79. The maximum Gasteiger partial charge on any atom is 0.0414 e. The summed E-state index contributed by atoms with van der Waals surface area (Å²) in [4.78, 5) is 0. The molecule has 0 saturated carbocycles. The van der Waals surface area contributed by atoms with Crippen molar-refractivity contribution >= 4 is 11.4 Å². The Balaban J connectivity index is 2.54. The number of rotatable bonds is 1. The molecule has 0 saturated heterocycles. The molecule has 0 aliphatic heterocycles. The molecule has 0 unspecified atom stereocenters. The zero-order valence-electron chi connectivity index (χ0n) is 9.62. The van der Waals surface area contributed by atoms with Gasteiger partial charge in [-0.1, -0.05) is 24.3 Å². The van der Waals surface area contributed by atoms with Gasteiger partial charge in [0.05, 0.1) is 0 Å². The van der Waals surface area contributed by atoms with Crippen LogP contribution in [0, 0.1) is 13.8 Å². The van der Waals surface area contributed by atoms with Crippen molar-refractivity contribution in [1.82, 2.24) is 0 Å². The molecule has 0 fully saturated rings. The molecule has 82 valence electrons. The standard InChI is InChI=1S/C14H16N2/c1-9-3-4-11(7-10(9)2)13-6-5-12(15)8-14(13)16/h3-8H,15-16H2,1-2H3. The average molecular weight is 212 g/mol. The van der Waals surface area contributed by atoms with E-state index in [4.69, 9.17) is 11.5 Å². The Morgan fingerprint density at radius 3 is 2.19 bits per heavy atom. The van der Waals surface area contributed by atoms with Crippen LogP contribution in [0.2, 0.25) is 0 Å². The number of anilines is 2. The van der Waals surface area contributed by atoms with Gasteiger partial charge in [-0.3, -0.25) is 0 Å². The molecular formula is C14H16N2. The Morgan fingerprint density at radius 1 is 0.812 bits per heavy atom. The zero-order chi connectivity index (χ0) is 11.7. The molecule has 0 heterocycles. The fraction of sp³-hybridized carbons (Fsp3) is 0.143. The van der Waals surface area contributed by atoms with E-state index in [0.29, 0.717) is 5.69 Å². The molecule has 0 amide bonds. The lowest BCUT2D eigenvalue weighted by Gasteiger charge is -2.09. The summed E-state index contributed by atoms with van der Waals surface area (Å²) in [5, 5.41) is 0. The maximum absolute atomic E-state index is 5.96. The summed E-state index contributed by atoms with van der Waals surface area (Å²) in [6.45, 7) is 4.21. The third kappa shape index (κ3) is 1.87. The van der Waals surface area contributed by atoms with Gasteiger partial charge in [0.25, 0.3) is 0 Å². The van der Waals surface area contributed by atoms with Crippen molar-refractivity contribution in [2.24, 2.45) is 0 Å². The summed E-state index contributed by atoms with van der Waals surface area (Å²) in [7, 11) is 0. The fourth-order valence-corrected chi connectivity index (χ4v) is 1.75. The minimum absolute atomic E-state index is 0.699. The van der Waals surface area contributed by atoms with Crippen LogP contribution < -0.4 is 11.5 Å². The van der Waals surface area contributed by atoms with E-state index in [1.807, 2.05) is 12.1 Å². The third-order valence-corrected chi connectivity index (χ3v) is 2.89. The molecule has 0 spiro atoms. The van der Waals surface area contributed by atoms with Crippen LogP contribution in [0.3, 0.4) is 0 Å². The molecule has 2 aromatic carbocycles. The minimum Gasteiger partial charge on any atom is -0.399 e. The molecule has 2 nitrogen and oxygen atoms in total. The molecule has 16 heavy (non-hydrogen) atoms. The van der Waals surface area contributed by atoms with Crippen LogP contribution in [0.4, 0.5) is 11.4 Å². The number of hydrogen-bond donors (Lipinski definition) is 2. The van der Waals surface area contributed by atoms with Crippen LogP contribution in [0.1, 0.15) is 11.1 Å². The Labute approximate surface area is 95.9 Å². The van der Waals surface area contributed by atoms with E-state index in [0.717, 1.165) is 16.8 Å². The molecule has 0 aliphatic carbocycles. The first-order chi connectivity index (χ1) is 7.58. The summed E-state index contributed by atoms with van der Waals surface area (Å²) < 4.78 is 0. The van der Waals surface area contributed by atoms with Crippen LogP contribution in [0.25, 0.3) is 11.1 Å². The van der Waals surface area contributed by atoms with Gasteiger partial charge >= 0.3 is 0 Å². The average Bonchev–Trinajstić information content (AvgIpc) is 2.22. The lowest BCUT2D eigenvalue weighted by molar-refractivity contribution is 1.34. The lowest BCUT2D eigenvalue weighted by atomic mass is 9.99. The molecule has 4 N–H and O–H groups in total. The van der Waals surface area contributed by atoms with Crippen molar-refractivity contribution in [3.8, 4) is 11.1 Å². The van der Waals surface area contributed by atoms with Gasteiger partial charge in [0.2, 0.25) is 0 Å². The summed E-state index contributed by atoms with van der Waals surface area (Å²) in [5.74, 6) is 0. The number of nitrogens with two attached hydrogens (primary N) is 2. The number of nitrogen functional groups attached to an aromatic ring is 2. The normalized spacial score (nSPS) is 10.4. The van der Waals surface area contributed by atoms with Crippen molar-refractivity contribution in [3.63, 3.8) is 0 Å². The van der Waals surface area contributed by atoms with Crippen LogP contribution in [0.5, 0.6) is 0 Å². The van der Waals surface area contributed by atoms with E-state index in [-0.39, 0.29) is 0 Å². The molecule has 0 aromatic heterocycles. The van der Waals surface area contributed by atoms with Gasteiger partial charge in [0, 0.05) is 16.9 Å². The second-order valence-corrected chi connectivity index (χ2v) is 4.15. The predicted molar refractivity (Wildman–Crippen MR) is 70.2 cm³/mol. The first kappa shape index (κ1) is 10.6. The van der Waals surface area contributed by atoms with Crippen molar-refractivity contribution in [3.05, 3.63) is 47.5 Å². The van der Waals surface area contributed by atoms with Crippen molar-refractivity contribution in [2.75, 3.05) is 11.5 Å². The Hall–Kier alpha value is -1.96. The molecule has 2 aromatic rings. The molecular weight excluding hydrogens is 196 g/mol. The van der Waals surface area contributed by atoms with Gasteiger partial charge < -0.3 is 11.5 Å². The van der Waals surface area contributed by atoms with Gasteiger partial charge in [0.15, 0.2) is 0 Å². The van der Waals surface area contributed by atoms with Crippen molar-refractivity contribution in [2.45, 2.75) is 13.8 Å². The van der Waals surface area contributed by atoms with Crippen molar-refractivity contribution < 1.29 is 0 Å². The summed E-state index contributed by atoms with van der Waals surface area (Å²) >= 11 is 0. The van der Waals surface area contributed by atoms with E-state index in [1.165, 1.54) is 11.1 Å². The number of hydrogen-bond acceptors (Lipinski definition) is 2. The summed E-state index contributed by atoms with van der Waals surface area (Å²) in [5.41, 5.74) is 17.8. The predicted octanol–water partition coefficient (Wildman–Crippen LogP) is 3.13. The topological polar surface area (TPSA) is 52.0 Å². The van der Waals surface area contributed by atoms with E-state index in [2.05, 4.69) is 32.0 Å². The van der Waals surface area contributed by atoms with Crippen LogP contribution in [-0.4, -0.2) is 0 Å². The Kier molecular flexibility index (Phi) is 2.57. The summed E-state index contributed by atoms with van der Waals surface area (Å²) in [6.07, 6.45) is 0. The van der Waals surface area contributed by atoms with Gasteiger partial charge in [-0.15, -0.1) is 0 Å². The molecule has 0 radical (unpaired) electrons. The Bertz CT molecular complexity index is 530. The highest BCUT2D eigenvalue weighted by Crippen LogP contribution is 2.28. The first-order valence-electron chi connectivity index (χ1n) is 5.30. The third-order valence-electron chi connectivity index (χ3n) is 2.89. The molecule has 0 atom stereocenters. The molecule has 0 aliphatic rings. The SMILES string of the molecule is Cc1ccc(-c2ccc(N)cc2N)cc1C. The van der Waals surface area contributed by atoms with Gasteiger partial charge in [0.1, 0.15) is 0 Å². The number of benzene rings is 2. The minimum atomic E-state index is 0.699. The van der Waals surface area contributed by atoms with Gasteiger partial charge in [-0.2, -0.15) is 0 Å². The highest BCUT2D eigenvalue weighted by Gasteiger charge is 2.03. The molecule has 2 heteroatoms. The smallest absolute Gasteiger partial charge is 0.0414 e. The lowest BCUT2D eigenvalue weighted by Crippen LogP contribution is -1.93. The Morgan fingerprint density at radius 2 is 1.56 bits per heavy atom. The monoisotopic (exact) mass is 212 g/mol. The second kappa shape index (κ2) is 3.89. The van der Waals surface area contributed by atoms with Crippen molar-refractivity contribution in [1.29, 1.82) is 0 Å². The van der Waals surface area contributed by atoms with Crippen LogP contribution >= 0.6 is 0 Å². The summed E-state index contributed by atoms with van der Waals surface area (Å²) in [6, 6.07) is 12.0. The zero-order valence-corrected chi connectivity index (χ0v) is 9.62. The maximum atomic E-state index is 5.96. The quantitative estimate of drug-likeness (QED) is 0.713. The first-order valence-corrected chi connectivity index (χ1v) is 5.30.